The van der Waals surface area contributed by atoms with Gasteiger partial charge in [-0.1, -0.05) is 29.4 Å². The summed E-state index contributed by atoms with van der Waals surface area (Å²) in [6, 6.07) is 13.1. The van der Waals surface area contributed by atoms with Crippen molar-refractivity contribution in [1.82, 2.24) is 10.2 Å². The van der Waals surface area contributed by atoms with Gasteiger partial charge in [0.2, 0.25) is 6.10 Å². The summed E-state index contributed by atoms with van der Waals surface area (Å²) in [5, 5.41) is 10.0. The van der Waals surface area contributed by atoms with Crippen LogP contribution < -0.4 is 14.8 Å². The van der Waals surface area contributed by atoms with Crippen molar-refractivity contribution in [2.24, 2.45) is 0 Å². The molecule has 3 aromatic rings. The van der Waals surface area contributed by atoms with Crippen molar-refractivity contribution in [3.63, 3.8) is 0 Å². The number of fused-ring (bicyclic) bond motifs is 1. The predicted molar refractivity (Wildman–Crippen MR) is 97.8 cm³/mol. The molecule has 4 rings (SSSR count). The van der Waals surface area contributed by atoms with Crippen LogP contribution in [0.5, 0.6) is 11.5 Å². The van der Waals surface area contributed by atoms with Crippen molar-refractivity contribution in [1.29, 1.82) is 0 Å². The van der Waals surface area contributed by atoms with E-state index in [1.165, 1.54) is 6.07 Å². The molecule has 0 radical (unpaired) electrons. The average Bonchev–Trinajstić information content (AvgIpc) is 3.15. The number of hydrogen-bond donors (Lipinski definition) is 1. The van der Waals surface area contributed by atoms with Crippen LogP contribution in [0.4, 0.5) is 6.01 Å². The molecule has 10 heteroatoms. The first kappa shape index (κ1) is 18.0. The van der Waals surface area contributed by atoms with Crippen molar-refractivity contribution in [3.05, 3.63) is 48.5 Å². The summed E-state index contributed by atoms with van der Waals surface area (Å²) >= 11 is 0. The lowest BCUT2D eigenvalue weighted by molar-refractivity contribution is -0.125. The highest BCUT2D eigenvalue weighted by atomic mass is 32.2. The highest BCUT2D eigenvalue weighted by molar-refractivity contribution is 7.90. The number of anilines is 1. The standard InChI is InChI=1S/C18H15N3O6S/c1-28(23,24)15-9-5-2-6-11(15)17-20-21-18(27-17)19-16(22)14-10-25-12-7-3-4-8-13(12)26-14/h2-9,14H,10H2,1H3,(H,19,21,22)/t14-/m0/s1. The van der Waals surface area contributed by atoms with Crippen LogP contribution in [-0.2, 0) is 14.6 Å². The van der Waals surface area contributed by atoms with Gasteiger partial charge in [-0.05, 0) is 24.3 Å². The molecule has 0 saturated carbocycles. The highest BCUT2D eigenvalue weighted by Gasteiger charge is 2.28. The zero-order chi connectivity index (χ0) is 19.7. The van der Waals surface area contributed by atoms with E-state index < -0.39 is 21.8 Å². The predicted octanol–water partition coefficient (Wildman–Crippen LogP) is 1.92. The Morgan fingerprint density at radius 2 is 1.79 bits per heavy atom. The molecule has 0 spiro atoms. The van der Waals surface area contributed by atoms with Crippen LogP contribution in [0.25, 0.3) is 11.5 Å². The van der Waals surface area contributed by atoms with Crippen LogP contribution in [0.3, 0.4) is 0 Å². The molecule has 1 aliphatic rings. The van der Waals surface area contributed by atoms with Gasteiger partial charge in [-0.2, -0.15) is 0 Å². The van der Waals surface area contributed by atoms with Crippen molar-refractivity contribution < 1.29 is 27.1 Å². The first-order chi connectivity index (χ1) is 13.4. The summed E-state index contributed by atoms with van der Waals surface area (Å²) < 4.78 is 40.4. The summed E-state index contributed by atoms with van der Waals surface area (Å²) in [5.74, 6) is 0.467. The highest BCUT2D eigenvalue weighted by Crippen LogP contribution is 2.31. The molecule has 1 N–H and O–H groups in total. The number of para-hydroxylation sites is 2. The Morgan fingerprint density at radius 3 is 2.57 bits per heavy atom. The quantitative estimate of drug-likeness (QED) is 0.704. The van der Waals surface area contributed by atoms with Gasteiger partial charge >= 0.3 is 6.01 Å². The van der Waals surface area contributed by atoms with Crippen LogP contribution in [0.1, 0.15) is 0 Å². The number of nitrogens with zero attached hydrogens (tertiary/aromatic N) is 2. The normalized spacial score (nSPS) is 15.8. The number of benzene rings is 2. The van der Waals surface area contributed by atoms with Gasteiger partial charge in [0.15, 0.2) is 21.3 Å². The molecule has 28 heavy (non-hydrogen) atoms. The van der Waals surface area contributed by atoms with Gasteiger partial charge in [0, 0.05) is 6.26 Å². The first-order valence-corrected chi connectivity index (χ1v) is 10.1. The minimum atomic E-state index is -3.49. The molecule has 2 heterocycles. The van der Waals surface area contributed by atoms with E-state index in [1.54, 1.807) is 42.5 Å². The summed E-state index contributed by atoms with van der Waals surface area (Å²) in [6.07, 6.45) is 0.192. The molecular formula is C18H15N3O6S. The molecule has 1 atom stereocenters. The molecular weight excluding hydrogens is 386 g/mol. The Morgan fingerprint density at radius 1 is 1.07 bits per heavy atom. The van der Waals surface area contributed by atoms with E-state index in [0.717, 1.165) is 6.26 Å². The van der Waals surface area contributed by atoms with E-state index in [-0.39, 0.29) is 29.0 Å². The minimum absolute atomic E-state index is 0.0255. The van der Waals surface area contributed by atoms with Gasteiger partial charge in [-0.25, -0.2) is 8.42 Å². The maximum absolute atomic E-state index is 12.4. The lowest BCUT2D eigenvalue weighted by Crippen LogP contribution is -2.40. The van der Waals surface area contributed by atoms with Gasteiger partial charge in [0.25, 0.3) is 11.8 Å². The number of rotatable bonds is 4. The zero-order valence-electron chi connectivity index (χ0n) is 14.7. The van der Waals surface area contributed by atoms with Crippen molar-refractivity contribution in [2.75, 3.05) is 18.2 Å². The lowest BCUT2D eigenvalue weighted by Gasteiger charge is -2.24. The molecule has 1 aromatic heterocycles. The Balaban J connectivity index is 1.51. The molecule has 0 aliphatic carbocycles. The van der Waals surface area contributed by atoms with Crippen molar-refractivity contribution >= 4 is 21.8 Å². The first-order valence-electron chi connectivity index (χ1n) is 8.24. The summed E-state index contributed by atoms with van der Waals surface area (Å²) in [6.45, 7) is 0.0285. The molecule has 144 valence electrons. The average molecular weight is 401 g/mol. The number of sulfone groups is 1. The molecule has 0 unspecified atom stereocenters. The zero-order valence-corrected chi connectivity index (χ0v) is 15.5. The molecule has 2 aromatic carbocycles. The van der Waals surface area contributed by atoms with Crippen LogP contribution in [0, 0.1) is 0 Å². The van der Waals surface area contributed by atoms with Crippen LogP contribution >= 0.6 is 0 Å². The Labute approximate surface area is 160 Å². The van der Waals surface area contributed by atoms with Gasteiger partial charge < -0.3 is 13.9 Å². The van der Waals surface area contributed by atoms with E-state index in [2.05, 4.69) is 15.5 Å². The third-order valence-electron chi connectivity index (χ3n) is 3.97. The maximum atomic E-state index is 12.4. The van der Waals surface area contributed by atoms with E-state index in [9.17, 15) is 13.2 Å². The fourth-order valence-corrected chi connectivity index (χ4v) is 3.56. The fraction of sp³-hybridized carbons (Fsp3) is 0.167. The summed E-state index contributed by atoms with van der Waals surface area (Å²) in [4.78, 5) is 12.5. The van der Waals surface area contributed by atoms with E-state index in [4.69, 9.17) is 13.9 Å². The third-order valence-corrected chi connectivity index (χ3v) is 5.13. The Bertz CT molecular complexity index is 1140. The number of carbonyl (C=O) groups excluding carboxylic acids is 1. The number of nitrogens with one attached hydrogen (secondary N) is 1. The Kier molecular flexibility index (Phi) is 4.47. The van der Waals surface area contributed by atoms with Gasteiger partial charge in [-0.15, -0.1) is 5.10 Å². The maximum Gasteiger partial charge on any atom is 0.322 e. The van der Waals surface area contributed by atoms with E-state index in [0.29, 0.717) is 11.5 Å². The number of amides is 1. The number of hydrogen-bond acceptors (Lipinski definition) is 8. The summed E-state index contributed by atoms with van der Waals surface area (Å²) in [5.41, 5.74) is 0.254. The van der Waals surface area contributed by atoms with Crippen LogP contribution in [0.15, 0.2) is 57.8 Å². The van der Waals surface area contributed by atoms with E-state index >= 15 is 0 Å². The van der Waals surface area contributed by atoms with Crippen molar-refractivity contribution in [3.8, 4) is 23.0 Å². The number of ether oxygens (including phenoxy) is 2. The van der Waals surface area contributed by atoms with Crippen LogP contribution in [0.2, 0.25) is 0 Å². The van der Waals surface area contributed by atoms with Gasteiger partial charge in [0.1, 0.15) is 6.61 Å². The monoisotopic (exact) mass is 401 g/mol. The van der Waals surface area contributed by atoms with Gasteiger partial charge in [-0.3, -0.25) is 10.1 Å². The molecule has 1 aliphatic heterocycles. The molecule has 9 nitrogen and oxygen atoms in total. The second-order valence-corrected chi connectivity index (χ2v) is 8.02. The molecule has 0 bridgehead atoms. The van der Waals surface area contributed by atoms with E-state index in [1.807, 2.05) is 0 Å². The van der Waals surface area contributed by atoms with Crippen LogP contribution in [-0.4, -0.2) is 43.5 Å². The number of aromatic nitrogens is 2. The smallest absolute Gasteiger partial charge is 0.322 e. The minimum Gasteiger partial charge on any atom is -0.485 e. The molecule has 1 amide bonds. The third kappa shape index (κ3) is 3.54. The summed E-state index contributed by atoms with van der Waals surface area (Å²) in [7, 11) is -3.49. The fourth-order valence-electron chi connectivity index (χ4n) is 2.68. The second kappa shape index (κ2) is 6.97. The van der Waals surface area contributed by atoms with Crippen molar-refractivity contribution in [2.45, 2.75) is 11.0 Å². The molecule has 0 saturated heterocycles. The SMILES string of the molecule is CS(=O)(=O)c1ccccc1-c1nnc(NC(=O)[C@@H]2COc3ccccc3O2)o1. The largest absolute Gasteiger partial charge is 0.485 e. The topological polar surface area (TPSA) is 121 Å². The second-order valence-electron chi connectivity index (χ2n) is 6.03. The number of carbonyl (C=O) groups is 1. The molecule has 0 fully saturated rings. The Hall–Kier alpha value is -3.40. The lowest BCUT2D eigenvalue weighted by atomic mass is 10.2. The van der Waals surface area contributed by atoms with Gasteiger partial charge in [0.05, 0.1) is 10.5 Å².